The molecule has 0 radical (unpaired) electrons. The van der Waals surface area contributed by atoms with Crippen LogP contribution in [-0.2, 0) is 32.3 Å². The minimum atomic E-state index is -0.919. The third-order valence-electron chi connectivity index (χ3n) is 13.3. The van der Waals surface area contributed by atoms with Gasteiger partial charge in [-0.15, -0.1) is 22.7 Å². The minimum absolute atomic E-state index is 0.00301. The molecular weight excluding hydrogens is 923 g/mol. The van der Waals surface area contributed by atoms with Crippen LogP contribution in [0.4, 0.5) is 10.8 Å². The number of piperazine rings is 1. The maximum absolute atomic E-state index is 14.2. The number of anilines is 2. The van der Waals surface area contributed by atoms with Gasteiger partial charge in [-0.05, 0) is 63.9 Å². The van der Waals surface area contributed by atoms with Crippen LogP contribution in [0.3, 0.4) is 0 Å². The summed E-state index contributed by atoms with van der Waals surface area (Å²) in [5.41, 5.74) is 9.10. The van der Waals surface area contributed by atoms with Crippen molar-refractivity contribution < 1.29 is 29.1 Å². The number of aromatic nitrogens is 2. The van der Waals surface area contributed by atoms with Gasteiger partial charge in [0.05, 0.1) is 28.7 Å². The molecule has 4 aromatic carbocycles. The van der Waals surface area contributed by atoms with Crippen LogP contribution in [-0.4, -0.2) is 117 Å². The van der Waals surface area contributed by atoms with Crippen molar-refractivity contribution in [3.63, 3.8) is 0 Å². The highest BCUT2D eigenvalue weighted by Gasteiger charge is 2.45. The van der Waals surface area contributed by atoms with Crippen molar-refractivity contribution in [2.24, 2.45) is 5.41 Å². The van der Waals surface area contributed by atoms with Crippen LogP contribution in [0.25, 0.3) is 21.6 Å². The second kappa shape index (κ2) is 20.7. The van der Waals surface area contributed by atoms with Gasteiger partial charge in [0, 0.05) is 75.1 Å². The van der Waals surface area contributed by atoms with Crippen LogP contribution < -0.4 is 20.9 Å². The summed E-state index contributed by atoms with van der Waals surface area (Å²) in [6.07, 6.45) is 0.874. The zero-order valence-electron chi connectivity index (χ0n) is 39.6. The number of aliphatic hydroxyl groups is 1. The molecule has 362 valence electrons. The molecule has 0 aliphatic carbocycles. The normalized spacial score (nSPS) is 18.1. The molecule has 4 N–H and O–H groups in total. The Bertz CT molecular complexity index is 2840. The van der Waals surface area contributed by atoms with Gasteiger partial charge in [-0.1, -0.05) is 99.6 Å². The number of aliphatic hydroxyl groups excluding tert-OH is 1. The van der Waals surface area contributed by atoms with E-state index in [0.29, 0.717) is 49.0 Å². The smallest absolute Gasteiger partial charge is 0.255 e. The fourth-order valence-electron chi connectivity index (χ4n) is 9.50. The lowest BCUT2D eigenvalue weighted by molar-refractivity contribution is -0.144. The van der Waals surface area contributed by atoms with E-state index < -0.39 is 35.6 Å². The van der Waals surface area contributed by atoms with Gasteiger partial charge in [-0.2, -0.15) is 0 Å². The lowest BCUT2D eigenvalue weighted by Gasteiger charge is -2.37. The number of rotatable bonds is 14. The van der Waals surface area contributed by atoms with E-state index in [1.807, 2.05) is 118 Å². The summed E-state index contributed by atoms with van der Waals surface area (Å²) < 4.78 is 0. The topological polar surface area (TPSA) is 180 Å². The second-order valence-electron chi connectivity index (χ2n) is 19.2. The van der Waals surface area contributed by atoms with Crippen LogP contribution >= 0.6 is 22.7 Å². The van der Waals surface area contributed by atoms with Gasteiger partial charge in [0.1, 0.15) is 18.1 Å². The first-order chi connectivity index (χ1) is 33.7. The van der Waals surface area contributed by atoms with Crippen molar-refractivity contribution in [1.82, 2.24) is 35.3 Å². The quantitative estimate of drug-likeness (QED) is 0.0941. The van der Waals surface area contributed by atoms with E-state index >= 15 is 0 Å². The first-order valence-corrected chi connectivity index (χ1v) is 25.3. The first kappa shape index (κ1) is 48.2. The molecule has 3 aliphatic heterocycles. The van der Waals surface area contributed by atoms with E-state index in [-0.39, 0.29) is 49.7 Å². The molecule has 5 heterocycles. The number of benzene rings is 4. The van der Waals surface area contributed by atoms with Gasteiger partial charge in [0.2, 0.25) is 17.7 Å². The lowest BCUT2D eigenvalue weighted by Crippen LogP contribution is -2.59. The summed E-state index contributed by atoms with van der Waals surface area (Å²) in [4.78, 5) is 86.2. The number of thiazole rings is 2. The number of aryl methyl sites for hydroxylation is 1. The largest absolute Gasteiger partial charge is 0.391 e. The standard InChI is InChI=1S/C53H57N9O6S2/c1-33-46(70-32-56-33)37-12-10-34(11-13-37)28-55-48(65)43-27-41(63)30-61(43)51(68)47(53(2,3)4)57-44(64)31-59-21-23-60(24-22-59)40-18-16-35(17-19-40)38-14-15-39-29-62(50(67)42(39)26-38)45(36-8-6-5-7-9-36)49(66)58-52-54-20-25-69-52/h5-20,25-26,32,41,43,45,47,63H,21-24,27-31H2,1-4H3,(H,55,65)(H,57,64)(H,54,58,66)/t41-,43+,45?,47-/m1/s1. The molecule has 2 aromatic heterocycles. The molecular formula is C53H57N9O6S2. The zero-order chi connectivity index (χ0) is 49.1. The van der Waals surface area contributed by atoms with Gasteiger partial charge in [-0.25, -0.2) is 9.97 Å². The summed E-state index contributed by atoms with van der Waals surface area (Å²) in [6, 6.07) is 28.7. The summed E-state index contributed by atoms with van der Waals surface area (Å²) in [5.74, 6) is -1.56. The highest BCUT2D eigenvalue weighted by molar-refractivity contribution is 7.14. The number of nitrogens with one attached hydrogen (secondary N) is 3. The molecule has 2 fully saturated rings. The van der Waals surface area contributed by atoms with Crippen molar-refractivity contribution >= 4 is 63.0 Å². The van der Waals surface area contributed by atoms with Crippen LogP contribution in [0.2, 0.25) is 0 Å². The van der Waals surface area contributed by atoms with Gasteiger partial charge >= 0.3 is 0 Å². The number of carbonyl (C=O) groups is 5. The second-order valence-corrected chi connectivity index (χ2v) is 20.9. The Labute approximate surface area is 415 Å². The van der Waals surface area contributed by atoms with E-state index in [2.05, 4.69) is 47.9 Å². The van der Waals surface area contributed by atoms with Crippen molar-refractivity contribution in [2.75, 3.05) is 49.5 Å². The summed E-state index contributed by atoms with van der Waals surface area (Å²) in [5, 5.41) is 21.8. The van der Waals surface area contributed by atoms with E-state index in [1.54, 1.807) is 27.8 Å². The average molecular weight is 980 g/mol. The highest BCUT2D eigenvalue weighted by atomic mass is 32.1. The predicted octanol–water partition coefficient (Wildman–Crippen LogP) is 6.51. The Hall–Kier alpha value is -6.79. The van der Waals surface area contributed by atoms with E-state index in [9.17, 15) is 29.1 Å². The van der Waals surface area contributed by atoms with Crippen molar-refractivity contribution in [1.29, 1.82) is 0 Å². The van der Waals surface area contributed by atoms with Gasteiger partial charge in [-0.3, -0.25) is 34.2 Å². The Balaban J connectivity index is 0.774. The molecule has 5 amide bonds. The number of amides is 5. The number of likely N-dealkylation sites (tertiary alicyclic amines) is 1. The molecule has 17 heteroatoms. The number of hydrogen-bond acceptors (Lipinski definition) is 12. The minimum Gasteiger partial charge on any atom is -0.391 e. The van der Waals surface area contributed by atoms with Gasteiger partial charge in [0.25, 0.3) is 11.8 Å². The fourth-order valence-corrected chi connectivity index (χ4v) is 10.8. The first-order valence-electron chi connectivity index (χ1n) is 23.5. The lowest BCUT2D eigenvalue weighted by atomic mass is 9.85. The van der Waals surface area contributed by atoms with Gasteiger partial charge in [0.15, 0.2) is 5.13 Å². The van der Waals surface area contributed by atoms with Crippen molar-refractivity contribution in [3.05, 3.63) is 142 Å². The maximum atomic E-state index is 14.2. The van der Waals surface area contributed by atoms with E-state index in [4.69, 9.17) is 0 Å². The van der Waals surface area contributed by atoms with E-state index in [1.165, 1.54) is 16.2 Å². The number of carbonyl (C=O) groups excluding carboxylic acids is 5. The maximum Gasteiger partial charge on any atom is 0.255 e. The Kier molecular flexibility index (Phi) is 14.2. The Morgan fingerprint density at radius 1 is 0.857 bits per heavy atom. The molecule has 15 nitrogen and oxygen atoms in total. The summed E-state index contributed by atoms with van der Waals surface area (Å²) in [6.45, 7) is 10.9. The monoisotopic (exact) mass is 979 g/mol. The van der Waals surface area contributed by atoms with Crippen LogP contribution in [0.1, 0.15) is 66.0 Å². The van der Waals surface area contributed by atoms with Crippen LogP contribution in [0, 0.1) is 12.3 Å². The summed E-state index contributed by atoms with van der Waals surface area (Å²) >= 11 is 2.90. The highest BCUT2D eigenvalue weighted by Crippen LogP contribution is 2.36. The molecule has 3 aliphatic rings. The number of nitrogens with zero attached hydrogens (tertiary/aromatic N) is 6. The average Bonchev–Trinajstić information content (AvgIpc) is 4.18. The van der Waals surface area contributed by atoms with Crippen LogP contribution in [0.5, 0.6) is 0 Å². The van der Waals surface area contributed by atoms with E-state index in [0.717, 1.165) is 44.1 Å². The number of fused-ring (bicyclic) bond motifs is 1. The molecule has 9 rings (SSSR count). The molecule has 0 saturated carbocycles. The van der Waals surface area contributed by atoms with Crippen LogP contribution in [0.15, 0.2) is 114 Å². The molecule has 70 heavy (non-hydrogen) atoms. The Morgan fingerprint density at radius 2 is 1.57 bits per heavy atom. The third-order valence-corrected chi connectivity index (χ3v) is 15.0. The fraction of sp³-hybridized carbons (Fsp3) is 0.340. The third kappa shape index (κ3) is 10.7. The Morgan fingerprint density at radius 3 is 2.24 bits per heavy atom. The molecule has 0 spiro atoms. The molecule has 6 aromatic rings. The number of hydrogen-bond donors (Lipinski definition) is 4. The number of β-amino-alcohol motifs (C(OH)–C–C–N with tert-alkyl or cyclic N) is 1. The van der Waals surface area contributed by atoms with Crippen molar-refractivity contribution in [3.8, 4) is 21.6 Å². The van der Waals surface area contributed by atoms with Crippen molar-refractivity contribution in [2.45, 2.75) is 71.4 Å². The molecule has 1 unspecified atom stereocenters. The summed E-state index contributed by atoms with van der Waals surface area (Å²) in [7, 11) is 0. The molecule has 4 atom stereocenters. The zero-order valence-corrected chi connectivity index (χ0v) is 41.3. The SMILES string of the molecule is Cc1ncsc1-c1ccc(CNC(=O)[C@@H]2C[C@@H](O)CN2C(=O)[C@@H](NC(=O)CN2CCN(c3ccc(-c4ccc5c(c4)C(=O)N(C(C(=O)Nc4nccs4)c4ccccc4)C5)cc3)CC2)C(C)(C)C)cc1. The molecule has 0 bridgehead atoms. The van der Waals surface area contributed by atoms with Gasteiger partial charge < -0.3 is 30.4 Å². The predicted molar refractivity (Wildman–Crippen MR) is 272 cm³/mol. The molecule has 2 saturated heterocycles.